The molecule has 1 amide bonds. The second-order valence-corrected chi connectivity index (χ2v) is 8.30. The molecule has 1 aliphatic heterocycles. The molecular formula is C29H21F2NO4. The molecular weight excluding hydrogens is 464 g/mol. The average Bonchev–Trinajstić information content (AvgIpc) is 3.15. The molecule has 5 rings (SSSR count). The molecule has 0 aromatic heterocycles. The van der Waals surface area contributed by atoms with Gasteiger partial charge in [0.1, 0.15) is 11.5 Å². The Morgan fingerprint density at radius 2 is 1.67 bits per heavy atom. The fraction of sp³-hybridized carbons (Fsp3) is 0.103. The zero-order chi connectivity index (χ0) is 25.4. The van der Waals surface area contributed by atoms with Crippen LogP contribution < -0.4 is 9.64 Å². The zero-order valence-corrected chi connectivity index (χ0v) is 19.2. The van der Waals surface area contributed by atoms with Gasteiger partial charge in [0, 0.05) is 17.3 Å². The third-order valence-corrected chi connectivity index (χ3v) is 6.16. The van der Waals surface area contributed by atoms with E-state index in [2.05, 4.69) is 0 Å². The van der Waals surface area contributed by atoms with E-state index < -0.39 is 29.4 Å². The molecule has 0 spiro atoms. The molecule has 4 aromatic rings. The third-order valence-electron chi connectivity index (χ3n) is 6.16. The van der Waals surface area contributed by atoms with E-state index in [4.69, 9.17) is 4.74 Å². The van der Waals surface area contributed by atoms with Crippen LogP contribution in [-0.4, -0.2) is 23.4 Å². The monoisotopic (exact) mass is 485 g/mol. The van der Waals surface area contributed by atoms with Gasteiger partial charge in [-0.15, -0.1) is 0 Å². The summed E-state index contributed by atoms with van der Waals surface area (Å²) >= 11 is 0. The lowest BCUT2D eigenvalue weighted by atomic mass is 9.93. The van der Waals surface area contributed by atoms with E-state index >= 15 is 0 Å². The van der Waals surface area contributed by atoms with Crippen LogP contribution in [-0.2, 0) is 9.59 Å². The highest BCUT2D eigenvalue weighted by molar-refractivity contribution is 6.51. The van der Waals surface area contributed by atoms with Crippen molar-refractivity contribution in [1.29, 1.82) is 0 Å². The predicted octanol–water partition coefficient (Wildman–Crippen LogP) is 6.14. The van der Waals surface area contributed by atoms with Gasteiger partial charge < -0.3 is 9.84 Å². The fourth-order valence-corrected chi connectivity index (χ4v) is 4.57. The number of ketones is 1. The van der Waals surface area contributed by atoms with Crippen molar-refractivity contribution in [1.82, 2.24) is 0 Å². The standard InChI is InChI=1S/C29H21F2NO4/c1-2-36-20-10-5-9-18(15-20)26-25(27(33)22-12-6-8-17-7-3-4-11-21(17)22)28(34)29(35)32(26)19-13-14-23(30)24(31)16-19/h3-16,26,33H,2H2,1H3/b27-25-. The van der Waals surface area contributed by atoms with Crippen LogP contribution in [0, 0.1) is 11.6 Å². The van der Waals surface area contributed by atoms with Crippen LogP contribution in [0.2, 0.25) is 0 Å². The topological polar surface area (TPSA) is 66.8 Å². The number of fused-ring (bicyclic) bond motifs is 1. The van der Waals surface area contributed by atoms with E-state index in [1.54, 1.807) is 42.5 Å². The highest BCUT2D eigenvalue weighted by Crippen LogP contribution is 2.43. The predicted molar refractivity (Wildman–Crippen MR) is 133 cm³/mol. The Morgan fingerprint density at radius 1 is 0.917 bits per heavy atom. The molecule has 0 saturated carbocycles. The van der Waals surface area contributed by atoms with Crippen LogP contribution in [0.1, 0.15) is 24.1 Å². The molecule has 1 heterocycles. The number of aliphatic hydroxyl groups is 1. The van der Waals surface area contributed by atoms with Crippen molar-refractivity contribution >= 4 is 33.9 Å². The lowest BCUT2D eigenvalue weighted by Crippen LogP contribution is -2.29. The van der Waals surface area contributed by atoms with Crippen LogP contribution in [0.5, 0.6) is 5.75 Å². The van der Waals surface area contributed by atoms with E-state index in [-0.39, 0.29) is 17.0 Å². The number of amides is 1. The molecule has 1 saturated heterocycles. The van der Waals surface area contributed by atoms with Gasteiger partial charge in [-0.3, -0.25) is 14.5 Å². The van der Waals surface area contributed by atoms with Crippen LogP contribution in [0.25, 0.3) is 16.5 Å². The number of carbonyl (C=O) groups is 2. The van der Waals surface area contributed by atoms with Crippen LogP contribution in [0.4, 0.5) is 14.5 Å². The number of benzene rings is 4. The highest BCUT2D eigenvalue weighted by atomic mass is 19.2. The molecule has 1 unspecified atom stereocenters. The van der Waals surface area contributed by atoms with Gasteiger partial charge in [-0.2, -0.15) is 0 Å². The molecule has 0 radical (unpaired) electrons. The lowest BCUT2D eigenvalue weighted by Gasteiger charge is -2.26. The van der Waals surface area contributed by atoms with E-state index in [0.717, 1.165) is 22.4 Å². The largest absolute Gasteiger partial charge is 0.507 e. The van der Waals surface area contributed by atoms with Gasteiger partial charge in [-0.05, 0) is 47.5 Å². The van der Waals surface area contributed by atoms with Crippen LogP contribution >= 0.6 is 0 Å². The summed E-state index contributed by atoms with van der Waals surface area (Å²) in [6.45, 7) is 2.21. The minimum atomic E-state index is -1.16. The Labute approximate surface area is 205 Å². The normalized spacial score (nSPS) is 17.1. The summed E-state index contributed by atoms with van der Waals surface area (Å²) in [5, 5.41) is 13.0. The van der Waals surface area contributed by atoms with Crippen molar-refractivity contribution in [3.05, 3.63) is 113 Å². The van der Waals surface area contributed by atoms with Gasteiger partial charge in [0.05, 0.1) is 18.2 Å². The van der Waals surface area contributed by atoms with E-state index in [9.17, 15) is 23.5 Å². The van der Waals surface area contributed by atoms with Gasteiger partial charge in [0.2, 0.25) is 0 Å². The summed E-state index contributed by atoms with van der Waals surface area (Å²) in [5.74, 6) is -4.00. The quantitative estimate of drug-likeness (QED) is 0.209. The van der Waals surface area contributed by atoms with E-state index in [0.29, 0.717) is 28.9 Å². The molecule has 0 bridgehead atoms. The Hall–Kier alpha value is -4.52. The number of anilines is 1. The number of ether oxygens (including phenoxy) is 1. The summed E-state index contributed by atoms with van der Waals surface area (Å²) in [6.07, 6.45) is 0. The van der Waals surface area contributed by atoms with Crippen LogP contribution in [0.15, 0.2) is 90.5 Å². The lowest BCUT2D eigenvalue weighted by molar-refractivity contribution is -0.132. The number of Topliss-reactive ketones (excluding diaryl/α,β-unsaturated/α-hetero) is 1. The number of aliphatic hydroxyl groups excluding tert-OH is 1. The number of rotatable bonds is 5. The summed E-state index contributed by atoms with van der Waals surface area (Å²) < 4.78 is 33.4. The molecule has 180 valence electrons. The van der Waals surface area contributed by atoms with Gasteiger partial charge in [-0.1, -0.05) is 54.6 Å². The van der Waals surface area contributed by atoms with Crippen molar-refractivity contribution < 1.29 is 28.2 Å². The minimum absolute atomic E-state index is 0.0141. The summed E-state index contributed by atoms with van der Waals surface area (Å²) in [7, 11) is 0. The average molecular weight is 485 g/mol. The maximum atomic E-state index is 14.2. The first-order chi connectivity index (χ1) is 17.4. The van der Waals surface area contributed by atoms with Crippen molar-refractivity contribution in [2.45, 2.75) is 13.0 Å². The van der Waals surface area contributed by atoms with Gasteiger partial charge in [-0.25, -0.2) is 8.78 Å². The molecule has 5 nitrogen and oxygen atoms in total. The zero-order valence-electron chi connectivity index (χ0n) is 19.2. The van der Waals surface area contributed by atoms with Gasteiger partial charge in [0.15, 0.2) is 11.6 Å². The number of hydrogen-bond donors (Lipinski definition) is 1. The van der Waals surface area contributed by atoms with Crippen molar-refractivity contribution in [2.24, 2.45) is 0 Å². The Bertz CT molecular complexity index is 1540. The first kappa shape index (κ1) is 23.2. The first-order valence-electron chi connectivity index (χ1n) is 11.4. The molecule has 1 N–H and O–H groups in total. The fourth-order valence-electron chi connectivity index (χ4n) is 4.57. The molecule has 1 fully saturated rings. The molecule has 1 aliphatic rings. The molecule has 4 aromatic carbocycles. The SMILES string of the molecule is CCOc1cccc(C2/C(=C(/O)c3cccc4ccccc34)C(=O)C(=O)N2c2ccc(F)c(F)c2)c1. The number of hydrogen-bond acceptors (Lipinski definition) is 4. The van der Waals surface area contributed by atoms with E-state index in [1.807, 2.05) is 31.2 Å². The number of halogens is 2. The Morgan fingerprint density at radius 3 is 2.44 bits per heavy atom. The second-order valence-electron chi connectivity index (χ2n) is 8.30. The van der Waals surface area contributed by atoms with Crippen molar-refractivity contribution in [2.75, 3.05) is 11.5 Å². The van der Waals surface area contributed by atoms with Crippen molar-refractivity contribution in [3.63, 3.8) is 0 Å². The number of carbonyl (C=O) groups excluding carboxylic acids is 2. The Balaban J connectivity index is 1.77. The smallest absolute Gasteiger partial charge is 0.300 e. The second kappa shape index (κ2) is 9.26. The minimum Gasteiger partial charge on any atom is -0.507 e. The van der Waals surface area contributed by atoms with E-state index in [1.165, 1.54) is 6.07 Å². The highest BCUT2D eigenvalue weighted by Gasteiger charge is 2.47. The first-order valence-corrected chi connectivity index (χ1v) is 11.4. The maximum absolute atomic E-state index is 14.2. The van der Waals surface area contributed by atoms with Gasteiger partial charge in [0.25, 0.3) is 11.7 Å². The molecule has 36 heavy (non-hydrogen) atoms. The molecule has 7 heteroatoms. The number of nitrogens with zero attached hydrogens (tertiary/aromatic N) is 1. The Kier molecular flexibility index (Phi) is 5.98. The third kappa shape index (κ3) is 3.88. The molecule has 1 atom stereocenters. The molecule has 0 aliphatic carbocycles. The summed E-state index contributed by atoms with van der Waals surface area (Å²) in [5.41, 5.74) is 0.670. The summed E-state index contributed by atoms with van der Waals surface area (Å²) in [4.78, 5) is 27.7. The van der Waals surface area contributed by atoms with Crippen LogP contribution in [0.3, 0.4) is 0 Å². The maximum Gasteiger partial charge on any atom is 0.300 e. The van der Waals surface area contributed by atoms with Crippen molar-refractivity contribution in [3.8, 4) is 5.75 Å². The van der Waals surface area contributed by atoms with Gasteiger partial charge >= 0.3 is 0 Å². The summed E-state index contributed by atoms with van der Waals surface area (Å²) in [6, 6.07) is 21.2.